The molecule has 0 fully saturated rings. The molecule has 4 rings (SSSR count). The van der Waals surface area contributed by atoms with Crippen molar-refractivity contribution in [3.8, 4) is 17.2 Å². The number of nitrogens with one attached hydrogen (secondary N) is 1. The van der Waals surface area contributed by atoms with Gasteiger partial charge in [0, 0.05) is 17.2 Å². The van der Waals surface area contributed by atoms with E-state index in [0.29, 0.717) is 29.8 Å². The highest BCUT2D eigenvalue weighted by Gasteiger charge is 2.17. The molecule has 1 heterocycles. The number of ether oxygens (including phenoxy) is 3. The molecule has 1 aliphatic rings. The van der Waals surface area contributed by atoms with Crippen LogP contribution in [0.15, 0.2) is 76.7 Å². The number of hydrogen-bond donors (Lipinski definition) is 1. The molecule has 6 nitrogen and oxygen atoms in total. The summed E-state index contributed by atoms with van der Waals surface area (Å²) in [5.74, 6) is 3.34. The quantitative estimate of drug-likeness (QED) is 0.628. The standard InChI is InChI=1S/C24H23N3O3/c1-4-30-18-11-12-19-20(15-18)26-24(17-10-13-21(28-2)22(14-17)29-3)27-23(25-19)16-8-6-5-7-9-16/h5-15H,4H2,1-3H3,(H,25,26,27). The molecule has 30 heavy (non-hydrogen) atoms. The predicted octanol–water partition coefficient (Wildman–Crippen LogP) is 5.05. The molecule has 152 valence electrons. The van der Waals surface area contributed by atoms with Gasteiger partial charge in [-0.2, -0.15) is 0 Å². The van der Waals surface area contributed by atoms with Gasteiger partial charge in [-0.15, -0.1) is 0 Å². The Bertz CT molecular complexity index is 1110. The summed E-state index contributed by atoms with van der Waals surface area (Å²) in [6, 6.07) is 21.4. The summed E-state index contributed by atoms with van der Waals surface area (Å²) in [4.78, 5) is 9.67. The van der Waals surface area contributed by atoms with Crippen LogP contribution in [0.5, 0.6) is 17.2 Å². The topological polar surface area (TPSA) is 64.4 Å². The van der Waals surface area contributed by atoms with E-state index in [1.807, 2.05) is 73.7 Å². The molecule has 3 aromatic carbocycles. The van der Waals surface area contributed by atoms with Crippen molar-refractivity contribution >= 4 is 23.0 Å². The molecule has 0 aliphatic carbocycles. The Kier molecular flexibility index (Phi) is 5.66. The fourth-order valence-electron chi connectivity index (χ4n) is 3.21. The minimum absolute atomic E-state index is 0.591. The molecule has 0 spiro atoms. The van der Waals surface area contributed by atoms with Gasteiger partial charge in [0.1, 0.15) is 11.6 Å². The molecule has 0 saturated heterocycles. The van der Waals surface area contributed by atoms with Crippen molar-refractivity contribution in [2.24, 2.45) is 9.98 Å². The molecule has 6 heteroatoms. The molecule has 3 aromatic rings. The first-order valence-electron chi connectivity index (χ1n) is 9.71. The fraction of sp³-hybridized carbons (Fsp3) is 0.167. The van der Waals surface area contributed by atoms with Crippen LogP contribution in [-0.4, -0.2) is 32.5 Å². The first-order valence-corrected chi connectivity index (χ1v) is 9.71. The van der Waals surface area contributed by atoms with Gasteiger partial charge in [-0.05, 0) is 37.3 Å². The van der Waals surface area contributed by atoms with Crippen LogP contribution in [0.2, 0.25) is 0 Å². The number of amidine groups is 2. The zero-order chi connectivity index (χ0) is 20.9. The number of methoxy groups -OCH3 is 2. The number of anilines is 1. The Morgan fingerprint density at radius 2 is 1.60 bits per heavy atom. The van der Waals surface area contributed by atoms with Crippen LogP contribution in [0, 0.1) is 0 Å². The molecule has 0 bridgehead atoms. The minimum atomic E-state index is 0.591. The maximum atomic E-state index is 5.67. The predicted molar refractivity (Wildman–Crippen MR) is 120 cm³/mol. The third-order valence-electron chi connectivity index (χ3n) is 4.67. The summed E-state index contributed by atoms with van der Waals surface area (Å²) in [5, 5.41) is 3.42. The van der Waals surface area contributed by atoms with Crippen molar-refractivity contribution < 1.29 is 14.2 Å². The van der Waals surface area contributed by atoms with Crippen molar-refractivity contribution in [2.45, 2.75) is 6.92 Å². The summed E-state index contributed by atoms with van der Waals surface area (Å²) in [5.41, 5.74) is 3.39. The maximum absolute atomic E-state index is 5.67. The van der Waals surface area contributed by atoms with Gasteiger partial charge in [0.2, 0.25) is 0 Å². The van der Waals surface area contributed by atoms with Gasteiger partial charge in [0.15, 0.2) is 17.3 Å². The van der Waals surface area contributed by atoms with Crippen LogP contribution in [0.1, 0.15) is 18.1 Å². The van der Waals surface area contributed by atoms with Gasteiger partial charge in [-0.3, -0.25) is 0 Å². The van der Waals surface area contributed by atoms with Crippen LogP contribution in [0.25, 0.3) is 0 Å². The number of rotatable bonds is 6. The smallest absolute Gasteiger partial charge is 0.162 e. The van der Waals surface area contributed by atoms with E-state index in [0.717, 1.165) is 28.3 Å². The molecule has 0 atom stereocenters. The molecule has 0 unspecified atom stereocenters. The summed E-state index contributed by atoms with van der Waals surface area (Å²) in [6.07, 6.45) is 0. The van der Waals surface area contributed by atoms with Crippen molar-refractivity contribution in [1.82, 2.24) is 0 Å². The summed E-state index contributed by atoms with van der Waals surface area (Å²) in [7, 11) is 3.23. The van der Waals surface area contributed by atoms with Crippen molar-refractivity contribution in [2.75, 3.05) is 26.1 Å². The van der Waals surface area contributed by atoms with Crippen LogP contribution >= 0.6 is 0 Å². The second-order valence-electron chi connectivity index (χ2n) is 6.57. The first kappa shape index (κ1) is 19.5. The molecule has 0 saturated carbocycles. The van der Waals surface area contributed by atoms with E-state index in [9.17, 15) is 0 Å². The van der Waals surface area contributed by atoms with Gasteiger partial charge >= 0.3 is 0 Å². The highest BCUT2D eigenvalue weighted by molar-refractivity contribution is 6.19. The zero-order valence-electron chi connectivity index (χ0n) is 17.2. The summed E-state index contributed by atoms with van der Waals surface area (Å²) >= 11 is 0. The summed E-state index contributed by atoms with van der Waals surface area (Å²) in [6.45, 7) is 2.55. The Balaban J connectivity index is 1.85. The average molecular weight is 401 g/mol. The number of fused-ring (bicyclic) bond motifs is 1. The van der Waals surface area contributed by atoms with E-state index in [-0.39, 0.29) is 0 Å². The SMILES string of the molecule is CCOc1ccc2c(c1)NC(c1ccc(OC)c(OC)c1)=NC(c1ccccc1)=N2. The first-order chi connectivity index (χ1) is 14.7. The van der Waals surface area contributed by atoms with Crippen LogP contribution in [0.4, 0.5) is 11.4 Å². The Morgan fingerprint density at radius 1 is 0.800 bits per heavy atom. The molecule has 0 radical (unpaired) electrons. The van der Waals surface area contributed by atoms with Crippen LogP contribution < -0.4 is 19.5 Å². The van der Waals surface area contributed by atoms with E-state index in [2.05, 4.69) is 5.32 Å². The van der Waals surface area contributed by atoms with E-state index < -0.39 is 0 Å². The minimum Gasteiger partial charge on any atom is -0.494 e. The van der Waals surface area contributed by atoms with Gasteiger partial charge in [-0.25, -0.2) is 9.98 Å². The van der Waals surface area contributed by atoms with Crippen molar-refractivity contribution in [3.05, 3.63) is 77.9 Å². The number of aliphatic imine (C=N–C) groups is 2. The Labute approximate surface area is 175 Å². The summed E-state index contributed by atoms with van der Waals surface area (Å²) < 4.78 is 16.5. The molecule has 1 aliphatic heterocycles. The highest BCUT2D eigenvalue weighted by atomic mass is 16.5. The molecule has 0 aromatic heterocycles. The zero-order valence-corrected chi connectivity index (χ0v) is 17.2. The van der Waals surface area contributed by atoms with E-state index in [1.54, 1.807) is 14.2 Å². The van der Waals surface area contributed by atoms with Crippen molar-refractivity contribution in [1.29, 1.82) is 0 Å². The number of hydrogen-bond acceptors (Lipinski definition) is 6. The number of nitrogens with zero attached hydrogens (tertiary/aromatic N) is 2. The Morgan fingerprint density at radius 3 is 2.33 bits per heavy atom. The lowest BCUT2D eigenvalue weighted by atomic mass is 10.1. The average Bonchev–Trinajstić information content (AvgIpc) is 2.99. The molecular formula is C24H23N3O3. The van der Waals surface area contributed by atoms with Gasteiger partial charge in [-0.1, -0.05) is 30.3 Å². The van der Waals surface area contributed by atoms with Crippen LogP contribution in [0.3, 0.4) is 0 Å². The lowest BCUT2D eigenvalue weighted by Gasteiger charge is -2.13. The van der Waals surface area contributed by atoms with Gasteiger partial charge in [0.25, 0.3) is 0 Å². The normalized spacial score (nSPS) is 12.6. The maximum Gasteiger partial charge on any atom is 0.162 e. The lowest BCUT2D eigenvalue weighted by Crippen LogP contribution is -2.15. The lowest BCUT2D eigenvalue weighted by molar-refractivity contribution is 0.340. The third-order valence-corrected chi connectivity index (χ3v) is 4.67. The largest absolute Gasteiger partial charge is 0.494 e. The third kappa shape index (κ3) is 3.98. The molecular weight excluding hydrogens is 378 g/mol. The van der Waals surface area contributed by atoms with Crippen molar-refractivity contribution in [3.63, 3.8) is 0 Å². The van der Waals surface area contributed by atoms with Crippen LogP contribution in [-0.2, 0) is 0 Å². The second kappa shape index (κ2) is 8.69. The highest BCUT2D eigenvalue weighted by Crippen LogP contribution is 2.34. The molecule has 1 N–H and O–H groups in total. The molecule has 0 amide bonds. The van der Waals surface area contributed by atoms with E-state index >= 15 is 0 Å². The fourth-order valence-corrected chi connectivity index (χ4v) is 3.21. The van der Waals surface area contributed by atoms with E-state index in [1.165, 1.54) is 0 Å². The van der Waals surface area contributed by atoms with Gasteiger partial charge in [0.05, 0.1) is 32.2 Å². The van der Waals surface area contributed by atoms with Gasteiger partial charge < -0.3 is 19.5 Å². The monoisotopic (exact) mass is 401 g/mol. The second-order valence-corrected chi connectivity index (χ2v) is 6.57. The Hall–Kier alpha value is -3.80. The van der Waals surface area contributed by atoms with E-state index in [4.69, 9.17) is 24.2 Å². The number of benzene rings is 3.